The van der Waals surface area contributed by atoms with Gasteiger partial charge in [-0.25, -0.2) is 0 Å². The number of halogens is 1. The summed E-state index contributed by atoms with van der Waals surface area (Å²) in [6.45, 7) is 0.269. The third kappa shape index (κ3) is 3.25. The molecule has 20 heavy (non-hydrogen) atoms. The minimum absolute atomic E-state index is 0.0765. The fraction of sp³-hybridized carbons (Fsp3) is 0.250. The van der Waals surface area contributed by atoms with E-state index in [9.17, 15) is 14.4 Å². The molecule has 0 radical (unpaired) electrons. The van der Waals surface area contributed by atoms with Crippen molar-refractivity contribution in [2.45, 2.75) is 6.04 Å². The van der Waals surface area contributed by atoms with E-state index in [-0.39, 0.29) is 30.5 Å². The molecule has 0 aliphatic carbocycles. The van der Waals surface area contributed by atoms with Crippen LogP contribution in [0.15, 0.2) is 18.2 Å². The van der Waals surface area contributed by atoms with Crippen LogP contribution < -0.4 is 21.7 Å². The quantitative estimate of drug-likeness (QED) is 0.600. The molecule has 106 valence electrons. The van der Waals surface area contributed by atoms with Crippen LogP contribution in [0.4, 0.5) is 5.69 Å². The Hall–Kier alpha value is -2.12. The van der Waals surface area contributed by atoms with Gasteiger partial charge in [0.25, 0.3) is 0 Å². The molecular formula is C12H13ClN4O3. The van der Waals surface area contributed by atoms with Crippen LogP contribution in [-0.4, -0.2) is 36.9 Å². The lowest BCUT2D eigenvalue weighted by molar-refractivity contribution is -0.124. The Morgan fingerprint density at radius 2 is 2.15 bits per heavy atom. The smallest absolute Gasteiger partial charge is 0.248 e. The average molecular weight is 297 g/mol. The summed E-state index contributed by atoms with van der Waals surface area (Å²) in [4.78, 5) is 34.1. The van der Waals surface area contributed by atoms with Crippen molar-refractivity contribution in [3.63, 3.8) is 0 Å². The fourth-order valence-electron chi connectivity index (χ4n) is 1.75. The molecule has 1 unspecified atom stereocenters. The number of hydrogen-bond donors (Lipinski definition) is 4. The molecule has 0 aromatic heterocycles. The Bertz CT molecular complexity index is 566. The Morgan fingerprint density at radius 1 is 1.40 bits per heavy atom. The van der Waals surface area contributed by atoms with Crippen LogP contribution in [0.25, 0.3) is 0 Å². The van der Waals surface area contributed by atoms with E-state index in [0.717, 1.165) is 0 Å². The number of carbonyl (C=O) groups is 3. The molecular weight excluding hydrogens is 284 g/mol. The van der Waals surface area contributed by atoms with E-state index in [1.807, 2.05) is 0 Å². The first-order valence-corrected chi connectivity index (χ1v) is 6.25. The van der Waals surface area contributed by atoms with E-state index in [0.29, 0.717) is 10.7 Å². The zero-order chi connectivity index (χ0) is 14.7. The topological polar surface area (TPSA) is 113 Å². The van der Waals surface area contributed by atoms with Crippen molar-refractivity contribution >= 4 is 35.0 Å². The van der Waals surface area contributed by atoms with Gasteiger partial charge in [0, 0.05) is 12.1 Å². The minimum Gasteiger partial charge on any atom is -0.366 e. The van der Waals surface area contributed by atoms with Gasteiger partial charge in [-0.3, -0.25) is 19.7 Å². The first-order chi connectivity index (χ1) is 9.47. The Labute approximate surface area is 119 Å². The summed E-state index contributed by atoms with van der Waals surface area (Å²) in [5.74, 6) is -1.13. The molecule has 1 aromatic carbocycles. The Kier molecular flexibility index (Phi) is 4.21. The monoisotopic (exact) mass is 296 g/mol. The minimum atomic E-state index is -0.611. The predicted octanol–water partition coefficient (Wildman–Crippen LogP) is -0.535. The highest BCUT2D eigenvalue weighted by Gasteiger charge is 2.24. The number of nitrogens with two attached hydrogens (primary N) is 1. The molecule has 1 atom stereocenters. The molecule has 0 spiro atoms. The number of carbonyl (C=O) groups excluding carboxylic acids is 3. The van der Waals surface area contributed by atoms with Gasteiger partial charge in [0.05, 0.1) is 17.3 Å². The van der Waals surface area contributed by atoms with Crippen molar-refractivity contribution in [1.29, 1.82) is 0 Å². The number of primary amides is 1. The molecule has 1 aliphatic rings. The van der Waals surface area contributed by atoms with Crippen LogP contribution in [0.2, 0.25) is 5.02 Å². The summed E-state index contributed by atoms with van der Waals surface area (Å²) in [5.41, 5.74) is 5.71. The van der Waals surface area contributed by atoms with Crippen LogP contribution in [0.3, 0.4) is 0 Å². The third-order valence-corrected chi connectivity index (χ3v) is 3.17. The molecule has 8 heteroatoms. The highest BCUT2D eigenvalue weighted by atomic mass is 35.5. The highest BCUT2D eigenvalue weighted by molar-refractivity contribution is 6.34. The lowest BCUT2D eigenvalue weighted by Gasteiger charge is -2.23. The van der Waals surface area contributed by atoms with Gasteiger partial charge in [-0.15, -0.1) is 0 Å². The van der Waals surface area contributed by atoms with Crippen molar-refractivity contribution in [3.05, 3.63) is 28.8 Å². The first-order valence-electron chi connectivity index (χ1n) is 5.87. The molecule has 5 N–H and O–H groups in total. The summed E-state index contributed by atoms with van der Waals surface area (Å²) in [7, 11) is 0. The maximum absolute atomic E-state index is 12.0. The largest absolute Gasteiger partial charge is 0.366 e. The molecule has 1 aromatic rings. The molecule has 1 aliphatic heterocycles. The molecule has 0 saturated carbocycles. The number of nitrogens with one attached hydrogen (secondary N) is 3. The maximum Gasteiger partial charge on any atom is 0.248 e. The Balaban J connectivity index is 2.09. The van der Waals surface area contributed by atoms with E-state index >= 15 is 0 Å². The van der Waals surface area contributed by atoms with Crippen LogP contribution in [0.5, 0.6) is 0 Å². The van der Waals surface area contributed by atoms with E-state index in [4.69, 9.17) is 17.3 Å². The number of anilines is 1. The van der Waals surface area contributed by atoms with Crippen molar-refractivity contribution < 1.29 is 14.4 Å². The average Bonchev–Trinajstić information content (AvgIpc) is 2.41. The van der Waals surface area contributed by atoms with Gasteiger partial charge in [0.15, 0.2) is 0 Å². The molecule has 7 nitrogen and oxygen atoms in total. The van der Waals surface area contributed by atoms with E-state index in [1.54, 1.807) is 0 Å². The van der Waals surface area contributed by atoms with E-state index in [2.05, 4.69) is 16.0 Å². The number of amides is 3. The summed E-state index contributed by atoms with van der Waals surface area (Å²) in [5, 5.41) is 8.25. The van der Waals surface area contributed by atoms with Crippen molar-refractivity contribution in [1.82, 2.24) is 10.6 Å². The lowest BCUT2D eigenvalue weighted by Crippen LogP contribution is -2.56. The number of piperazine rings is 1. The van der Waals surface area contributed by atoms with Gasteiger partial charge in [-0.2, -0.15) is 0 Å². The molecule has 0 bridgehead atoms. The molecule has 1 fully saturated rings. The predicted molar refractivity (Wildman–Crippen MR) is 73.4 cm³/mol. The zero-order valence-electron chi connectivity index (χ0n) is 10.4. The standard InChI is InChI=1S/C12H13ClN4O3/c13-7-2-1-6(11(14)19)3-8(7)17-12(20)9-4-16-10(18)5-15-9/h1-3,9,15H,4-5H2,(H2,14,19)(H,16,18)(H,17,20). The van der Waals surface area contributed by atoms with Crippen molar-refractivity contribution in [2.24, 2.45) is 5.73 Å². The van der Waals surface area contributed by atoms with Gasteiger partial charge in [-0.05, 0) is 18.2 Å². The van der Waals surface area contributed by atoms with Gasteiger partial charge < -0.3 is 16.4 Å². The summed E-state index contributed by atoms with van der Waals surface area (Å²) < 4.78 is 0. The third-order valence-electron chi connectivity index (χ3n) is 2.84. The van der Waals surface area contributed by atoms with E-state index < -0.39 is 11.9 Å². The lowest BCUT2D eigenvalue weighted by atomic mass is 10.1. The molecule has 3 amide bonds. The number of hydrogen-bond acceptors (Lipinski definition) is 4. The maximum atomic E-state index is 12.0. The van der Waals surface area contributed by atoms with Crippen LogP contribution in [-0.2, 0) is 9.59 Å². The van der Waals surface area contributed by atoms with Gasteiger partial charge in [0.2, 0.25) is 17.7 Å². The van der Waals surface area contributed by atoms with E-state index in [1.165, 1.54) is 18.2 Å². The zero-order valence-corrected chi connectivity index (χ0v) is 11.2. The number of rotatable bonds is 3. The van der Waals surface area contributed by atoms with Gasteiger partial charge in [0.1, 0.15) is 6.04 Å². The molecule has 2 rings (SSSR count). The summed E-state index contributed by atoms with van der Waals surface area (Å²) in [6.07, 6.45) is 0. The van der Waals surface area contributed by atoms with Crippen LogP contribution >= 0.6 is 11.6 Å². The van der Waals surface area contributed by atoms with Crippen LogP contribution in [0.1, 0.15) is 10.4 Å². The Morgan fingerprint density at radius 3 is 2.75 bits per heavy atom. The SMILES string of the molecule is NC(=O)c1ccc(Cl)c(NC(=O)C2CNC(=O)CN2)c1. The second-order valence-corrected chi connectivity index (χ2v) is 4.69. The molecule has 1 saturated heterocycles. The second-order valence-electron chi connectivity index (χ2n) is 4.29. The highest BCUT2D eigenvalue weighted by Crippen LogP contribution is 2.23. The van der Waals surface area contributed by atoms with Gasteiger partial charge >= 0.3 is 0 Å². The molecule has 1 heterocycles. The van der Waals surface area contributed by atoms with Crippen molar-refractivity contribution in [3.8, 4) is 0 Å². The van der Waals surface area contributed by atoms with Crippen molar-refractivity contribution in [2.75, 3.05) is 18.4 Å². The fourth-order valence-corrected chi connectivity index (χ4v) is 1.91. The number of benzene rings is 1. The van der Waals surface area contributed by atoms with Crippen LogP contribution in [0, 0.1) is 0 Å². The van der Waals surface area contributed by atoms with Gasteiger partial charge in [-0.1, -0.05) is 11.6 Å². The second kappa shape index (κ2) is 5.89. The summed E-state index contributed by atoms with van der Waals surface area (Å²) >= 11 is 5.95. The summed E-state index contributed by atoms with van der Waals surface area (Å²) in [6, 6.07) is 3.80. The normalized spacial score (nSPS) is 18.2. The first kappa shape index (κ1) is 14.3.